The van der Waals surface area contributed by atoms with Gasteiger partial charge >= 0.3 is 5.97 Å². The van der Waals surface area contributed by atoms with Crippen molar-refractivity contribution in [1.82, 2.24) is 0 Å². The molecule has 142 valence electrons. The lowest BCUT2D eigenvalue weighted by atomic mass is 10.1. The number of ether oxygens (including phenoxy) is 2. The van der Waals surface area contributed by atoms with E-state index in [1.165, 1.54) is 44.4 Å². The van der Waals surface area contributed by atoms with E-state index in [1.54, 1.807) is 6.92 Å². The summed E-state index contributed by atoms with van der Waals surface area (Å²) in [6, 6.07) is 6.92. The Balaban J connectivity index is 2.38. The summed E-state index contributed by atoms with van der Waals surface area (Å²) in [5.41, 5.74) is 0.510. The third-order valence-corrected chi connectivity index (χ3v) is 4.09. The van der Waals surface area contributed by atoms with E-state index < -0.39 is 16.8 Å². The number of anilines is 1. The number of nitro groups is 1. The molecule has 0 saturated carbocycles. The first-order valence-corrected chi connectivity index (χ1v) is 8.27. The first-order valence-electron chi connectivity index (χ1n) is 7.90. The number of carbonyl (C=O) groups excluding carboxylic acids is 2. The summed E-state index contributed by atoms with van der Waals surface area (Å²) < 4.78 is 10.1. The third-order valence-electron chi connectivity index (χ3n) is 3.78. The fraction of sp³-hybridized carbons (Fsp3) is 0.222. The van der Waals surface area contributed by atoms with Crippen LogP contribution in [0.3, 0.4) is 0 Å². The highest BCUT2D eigenvalue weighted by Crippen LogP contribution is 2.32. The standard InChI is InChI=1S/C18H17ClN2O6/c1-4-27-18(23)12-8-13(19)14(9-16(12)26-3)20-17(22)11-6-5-7-15(10(11)2)21(24)25/h5-9H,4H2,1-3H3,(H,20,22). The monoisotopic (exact) mass is 392 g/mol. The van der Waals surface area contributed by atoms with Crippen LogP contribution >= 0.6 is 11.6 Å². The average Bonchev–Trinajstić information content (AvgIpc) is 2.63. The van der Waals surface area contributed by atoms with Gasteiger partial charge in [-0.1, -0.05) is 17.7 Å². The van der Waals surface area contributed by atoms with Crippen molar-refractivity contribution in [2.75, 3.05) is 19.0 Å². The summed E-state index contributed by atoms with van der Waals surface area (Å²) in [5, 5.41) is 13.7. The molecule has 0 spiro atoms. The lowest BCUT2D eigenvalue weighted by molar-refractivity contribution is -0.385. The zero-order valence-electron chi connectivity index (χ0n) is 14.9. The molecule has 0 saturated heterocycles. The number of benzene rings is 2. The Bertz CT molecular complexity index is 913. The van der Waals surface area contributed by atoms with Crippen LogP contribution in [-0.4, -0.2) is 30.5 Å². The van der Waals surface area contributed by atoms with Crippen molar-refractivity contribution in [1.29, 1.82) is 0 Å². The van der Waals surface area contributed by atoms with Crippen LogP contribution < -0.4 is 10.1 Å². The molecule has 27 heavy (non-hydrogen) atoms. The van der Waals surface area contributed by atoms with E-state index >= 15 is 0 Å². The van der Waals surface area contributed by atoms with Gasteiger partial charge in [-0.2, -0.15) is 0 Å². The molecule has 0 aliphatic carbocycles. The lowest BCUT2D eigenvalue weighted by Crippen LogP contribution is -2.15. The second-order valence-electron chi connectivity index (χ2n) is 5.41. The minimum Gasteiger partial charge on any atom is -0.496 e. The highest BCUT2D eigenvalue weighted by molar-refractivity contribution is 6.34. The molecule has 0 radical (unpaired) electrons. The number of amides is 1. The van der Waals surface area contributed by atoms with Crippen LogP contribution in [0.15, 0.2) is 30.3 Å². The Morgan fingerprint density at radius 3 is 2.56 bits per heavy atom. The average molecular weight is 393 g/mol. The van der Waals surface area contributed by atoms with E-state index in [4.69, 9.17) is 21.1 Å². The summed E-state index contributed by atoms with van der Waals surface area (Å²) in [7, 11) is 1.36. The zero-order chi connectivity index (χ0) is 20.1. The molecule has 1 amide bonds. The Morgan fingerprint density at radius 1 is 1.26 bits per heavy atom. The summed E-state index contributed by atoms with van der Waals surface area (Å²) in [5.74, 6) is -1.02. The molecule has 0 aliphatic heterocycles. The number of nitrogens with one attached hydrogen (secondary N) is 1. The van der Waals surface area contributed by atoms with Crippen LogP contribution in [0.2, 0.25) is 5.02 Å². The zero-order valence-corrected chi connectivity index (χ0v) is 15.6. The minimum atomic E-state index is -0.608. The second kappa shape index (κ2) is 8.50. The van der Waals surface area contributed by atoms with Gasteiger partial charge in [0.1, 0.15) is 11.3 Å². The van der Waals surface area contributed by atoms with E-state index in [0.717, 1.165) is 0 Å². The molecular weight excluding hydrogens is 376 g/mol. The number of nitrogens with zero attached hydrogens (tertiary/aromatic N) is 1. The molecule has 0 unspecified atom stereocenters. The van der Waals surface area contributed by atoms with Gasteiger partial charge in [0.2, 0.25) is 0 Å². The van der Waals surface area contributed by atoms with Crippen molar-refractivity contribution in [3.8, 4) is 5.75 Å². The Kier molecular flexibility index (Phi) is 6.36. The maximum Gasteiger partial charge on any atom is 0.341 e. The van der Waals surface area contributed by atoms with Crippen LogP contribution in [0, 0.1) is 17.0 Å². The van der Waals surface area contributed by atoms with E-state index in [1.807, 2.05) is 0 Å². The molecule has 2 aromatic rings. The van der Waals surface area contributed by atoms with Crippen molar-refractivity contribution in [3.63, 3.8) is 0 Å². The van der Waals surface area contributed by atoms with Gasteiger partial charge in [0.05, 0.1) is 29.4 Å². The highest BCUT2D eigenvalue weighted by atomic mass is 35.5. The van der Waals surface area contributed by atoms with Crippen molar-refractivity contribution >= 4 is 34.9 Å². The Labute approximate surface area is 160 Å². The molecule has 2 aromatic carbocycles. The molecule has 0 atom stereocenters. The highest BCUT2D eigenvalue weighted by Gasteiger charge is 2.21. The van der Waals surface area contributed by atoms with E-state index in [0.29, 0.717) is 0 Å². The SMILES string of the molecule is CCOC(=O)c1cc(Cl)c(NC(=O)c2cccc([N+](=O)[O-])c2C)cc1OC. The first-order chi connectivity index (χ1) is 12.8. The quantitative estimate of drug-likeness (QED) is 0.452. The molecule has 8 nitrogen and oxygen atoms in total. The summed E-state index contributed by atoms with van der Waals surface area (Å²) in [6.07, 6.45) is 0. The van der Waals surface area contributed by atoms with Gasteiger partial charge in [0.25, 0.3) is 11.6 Å². The molecule has 9 heteroatoms. The smallest absolute Gasteiger partial charge is 0.341 e. The van der Waals surface area contributed by atoms with Crippen LogP contribution in [0.25, 0.3) is 0 Å². The molecular formula is C18H17ClN2O6. The van der Waals surface area contributed by atoms with Gasteiger partial charge in [-0.15, -0.1) is 0 Å². The van der Waals surface area contributed by atoms with Crippen LogP contribution in [0.4, 0.5) is 11.4 Å². The van der Waals surface area contributed by atoms with Crippen molar-refractivity contribution in [2.24, 2.45) is 0 Å². The van der Waals surface area contributed by atoms with E-state index in [2.05, 4.69) is 5.32 Å². The third kappa shape index (κ3) is 4.35. The van der Waals surface area contributed by atoms with Gasteiger partial charge in [-0.25, -0.2) is 4.79 Å². The Morgan fingerprint density at radius 2 is 1.96 bits per heavy atom. The molecule has 0 aliphatic rings. The largest absolute Gasteiger partial charge is 0.496 e. The number of methoxy groups -OCH3 is 1. The van der Waals surface area contributed by atoms with Gasteiger partial charge in [-0.05, 0) is 26.0 Å². The first kappa shape index (κ1) is 20.2. The van der Waals surface area contributed by atoms with Crippen molar-refractivity contribution in [2.45, 2.75) is 13.8 Å². The van der Waals surface area contributed by atoms with Gasteiger partial charge in [0, 0.05) is 23.3 Å². The molecule has 0 heterocycles. The summed E-state index contributed by atoms with van der Waals surface area (Å²) in [6.45, 7) is 3.34. The predicted molar refractivity (Wildman–Crippen MR) is 99.7 cm³/mol. The number of esters is 1. The molecule has 0 bridgehead atoms. The maximum absolute atomic E-state index is 12.6. The second-order valence-corrected chi connectivity index (χ2v) is 5.82. The molecule has 0 fully saturated rings. The number of carbonyl (C=O) groups is 2. The van der Waals surface area contributed by atoms with Crippen LogP contribution in [-0.2, 0) is 4.74 Å². The van der Waals surface area contributed by atoms with E-state index in [9.17, 15) is 19.7 Å². The topological polar surface area (TPSA) is 108 Å². The molecule has 0 aromatic heterocycles. The summed E-state index contributed by atoms with van der Waals surface area (Å²) >= 11 is 6.17. The number of hydrogen-bond acceptors (Lipinski definition) is 6. The van der Waals surface area contributed by atoms with Gasteiger partial charge < -0.3 is 14.8 Å². The molecule has 2 rings (SSSR count). The number of hydrogen-bond donors (Lipinski definition) is 1. The number of rotatable bonds is 6. The number of nitro benzene ring substituents is 1. The normalized spacial score (nSPS) is 10.2. The Hall–Kier alpha value is -3.13. The maximum atomic E-state index is 12.6. The molecule has 1 N–H and O–H groups in total. The number of halogens is 1. The fourth-order valence-electron chi connectivity index (χ4n) is 2.44. The van der Waals surface area contributed by atoms with Gasteiger partial charge in [0.15, 0.2) is 0 Å². The van der Waals surface area contributed by atoms with Crippen molar-refractivity contribution < 1.29 is 24.0 Å². The predicted octanol–water partition coefficient (Wildman–Crippen LogP) is 3.99. The van der Waals surface area contributed by atoms with Crippen LogP contribution in [0.1, 0.15) is 33.2 Å². The minimum absolute atomic E-state index is 0.0929. The fourth-order valence-corrected chi connectivity index (χ4v) is 2.65. The van der Waals surface area contributed by atoms with E-state index in [-0.39, 0.29) is 45.4 Å². The van der Waals surface area contributed by atoms with Gasteiger partial charge in [-0.3, -0.25) is 14.9 Å². The van der Waals surface area contributed by atoms with Crippen molar-refractivity contribution in [3.05, 3.63) is 62.2 Å². The lowest BCUT2D eigenvalue weighted by Gasteiger charge is -2.13. The summed E-state index contributed by atoms with van der Waals surface area (Å²) in [4.78, 5) is 35.0. The van der Waals surface area contributed by atoms with Crippen LogP contribution in [0.5, 0.6) is 5.75 Å².